The van der Waals surface area contributed by atoms with E-state index in [1.807, 2.05) is 50.2 Å². The fourth-order valence-corrected chi connectivity index (χ4v) is 17.5. The van der Waals surface area contributed by atoms with Crippen LogP contribution in [-0.2, 0) is 78.9 Å². The van der Waals surface area contributed by atoms with Crippen molar-refractivity contribution in [2.75, 3.05) is 13.2 Å². The summed E-state index contributed by atoms with van der Waals surface area (Å²) in [6.45, 7) is 11.1. The summed E-state index contributed by atoms with van der Waals surface area (Å²) in [6.07, 6.45) is 4.49. The number of nitro groups is 1. The molecule has 1 amide bonds. The van der Waals surface area contributed by atoms with Gasteiger partial charge in [0.05, 0.1) is 69.0 Å². The Morgan fingerprint density at radius 2 is 1.18 bits per heavy atom. The van der Waals surface area contributed by atoms with Crippen molar-refractivity contribution in [1.29, 1.82) is 0 Å². The molecule has 10 heterocycles. The van der Waals surface area contributed by atoms with Gasteiger partial charge in [-0.1, -0.05) is 47.6 Å². The fourth-order valence-electron chi connectivity index (χ4n) is 13.7. The monoisotopic (exact) mass is 1460 g/mol. The van der Waals surface area contributed by atoms with E-state index in [9.17, 15) is 53.5 Å². The highest BCUT2D eigenvalue weighted by Gasteiger charge is 2.48. The lowest BCUT2D eigenvalue weighted by molar-refractivity contribution is -0.384. The number of hydrogen-bond donors (Lipinski definition) is 4. The lowest BCUT2D eigenvalue weighted by atomic mass is 9.81. The maximum absolute atomic E-state index is 15.2. The summed E-state index contributed by atoms with van der Waals surface area (Å²) < 4.78 is 58.9. The number of carbonyl (C=O) groups is 4. The Morgan fingerprint density at radius 3 is 1.66 bits per heavy atom. The lowest BCUT2D eigenvalue weighted by Crippen LogP contribution is -2.44. The number of nitrogens with two attached hydrogens (primary N) is 1. The first kappa shape index (κ1) is 71.1. The molecule has 0 spiro atoms. The molecule has 24 nitrogen and oxygen atoms in total. The molecule has 102 heavy (non-hydrogen) atoms. The number of rotatable bonds is 15. The van der Waals surface area contributed by atoms with Gasteiger partial charge in [0, 0.05) is 86.2 Å². The van der Waals surface area contributed by atoms with Crippen molar-refractivity contribution in [3.8, 4) is 28.5 Å². The van der Waals surface area contributed by atoms with Gasteiger partial charge in [0.25, 0.3) is 16.8 Å². The Morgan fingerprint density at radius 1 is 0.696 bits per heavy atom. The summed E-state index contributed by atoms with van der Waals surface area (Å²) in [5, 5.41) is 39.3. The van der Waals surface area contributed by atoms with E-state index in [-0.39, 0.29) is 120 Å². The van der Waals surface area contributed by atoms with Crippen LogP contribution in [0.2, 0.25) is 0 Å². The number of non-ortho nitro benzene ring substituents is 1. The van der Waals surface area contributed by atoms with Crippen molar-refractivity contribution in [1.82, 2.24) is 34.4 Å². The van der Waals surface area contributed by atoms with Gasteiger partial charge in [-0.05, 0) is 170 Å². The molecule has 6 aromatic heterocycles. The zero-order chi connectivity index (χ0) is 72.2. The number of nitrogens with zero attached hydrogens (tertiary/aromatic N) is 7. The lowest BCUT2D eigenvalue weighted by Gasteiger charge is -2.31. The first-order chi connectivity index (χ1) is 48.9. The molecule has 4 aliphatic heterocycles. The van der Waals surface area contributed by atoms with Gasteiger partial charge in [0.2, 0.25) is 0 Å². The molecule has 9 aromatic rings. The molecule has 6 aliphatic rings. The second-order valence-corrected chi connectivity index (χ2v) is 30.7. The number of fused-ring (bicyclic) bond motifs is 10. The summed E-state index contributed by atoms with van der Waals surface area (Å²) in [5.41, 5.74) is 11.8. The van der Waals surface area contributed by atoms with Crippen LogP contribution >= 0.6 is 43.2 Å². The average Bonchev–Trinajstić information content (AvgIpc) is 1.53. The van der Waals surface area contributed by atoms with Gasteiger partial charge in [-0.2, -0.15) is 0 Å². The van der Waals surface area contributed by atoms with Gasteiger partial charge in [-0.15, -0.1) is 0 Å². The number of pyridine rings is 6. The normalized spacial score (nSPS) is 19.0. The van der Waals surface area contributed by atoms with Gasteiger partial charge in [-0.25, -0.2) is 47.9 Å². The highest BCUT2D eigenvalue weighted by molar-refractivity contribution is 8.77. The predicted molar refractivity (Wildman–Crippen MR) is 379 cm³/mol. The van der Waals surface area contributed by atoms with E-state index in [0.29, 0.717) is 70.6 Å². The molecule has 0 fully saturated rings. The molecule has 0 radical (unpaired) electrons. The topological polar surface area (TPSA) is 332 Å². The van der Waals surface area contributed by atoms with E-state index >= 15 is 4.39 Å². The molecule has 30 heteroatoms. The summed E-state index contributed by atoms with van der Waals surface area (Å²) in [6, 6.07) is 21.9. The van der Waals surface area contributed by atoms with Crippen LogP contribution in [0.4, 0.5) is 24.1 Å². The SMILES string of the molecule is CC[C@@]1(O)C(=O)OCc2c1cc1n(c2=O)Cc2c-1nc1cc(F)c(C)c3c1c2[C@@H](N)CC3.CC[C@@]1(O)C(=O)OCc2c1cc1n(c2=O)Cc2c-1nc1cc(F)c(C)c3c1c2[C@@H](NC(=O)OC[C@H](C)SSc1ccccn1)CC3.C[C@@H](COC(=O)Oc1ccc([N+](=O)[O-])cc1)SSc1ccccn1. The number of esters is 2. The molecule has 15 rings (SSSR count). The molecular formula is C72H67F2N9O15S4. The van der Waals surface area contributed by atoms with Crippen LogP contribution in [0.5, 0.6) is 5.75 Å². The third-order valence-corrected chi connectivity index (χ3v) is 24.6. The minimum Gasteiger partial charge on any atom is -0.458 e. The number of alkyl carbamates (subject to hydrolysis) is 1. The smallest absolute Gasteiger partial charge is 0.458 e. The molecule has 0 saturated heterocycles. The second-order valence-electron chi connectivity index (χ2n) is 25.3. The molecular weight excluding hydrogens is 1400 g/mol. The maximum atomic E-state index is 15.2. The van der Waals surface area contributed by atoms with Crippen LogP contribution in [0.3, 0.4) is 0 Å². The number of halogens is 2. The van der Waals surface area contributed by atoms with Gasteiger partial charge < -0.3 is 54.1 Å². The minimum absolute atomic E-state index is 0.00243. The van der Waals surface area contributed by atoms with Crippen LogP contribution in [0.25, 0.3) is 44.6 Å². The Hall–Kier alpha value is -9.30. The zero-order valence-electron chi connectivity index (χ0n) is 55.8. The molecule has 528 valence electrons. The maximum Gasteiger partial charge on any atom is 0.513 e. The number of carbonyl (C=O) groups excluding carboxylic acids is 4. The van der Waals surface area contributed by atoms with Gasteiger partial charge in [0.1, 0.15) is 53.9 Å². The highest BCUT2D eigenvalue weighted by atomic mass is 33.1. The molecule has 0 unspecified atom stereocenters. The van der Waals surface area contributed by atoms with E-state index in [2.05, 4.69) is 15.3 Å². The Balaban J connectivity index is 0.000000145. The number of ether oxygens (including phenoxy) is 5. The largest absolute Gasteiger partial charge is 0.513 e. The van der Waals surface area contributed by atoms with E-state index in [1.165, 1.54) is 68.8 Å². The average molecular weight is 1460 g/mol. The van der Waals surface area contributed by atoms with Crippen molar-refractivity contribution in [2.45, 2.75) is 150 Å². The van der Waals surface area contributed by atoms with Crippen molar-refractivity contribution in [2.24, 2.45) is 5.73 Å². The zero-order valence-corrected chi connectivity index (χ0v) is 59.1. The van der Waals surface area contributed by atoms with Gasteiger partial charge in [0.15, 0.2) is 11.2 Å². The Bertz CT molecular complexity index is 5060. The number of amides is 1. The van der Waals surface area contributed by atoms with Gasteiger partial charge in [-0.3, -0.25) is 19.7 Å². The third kappa shape index (κ3) is 13.2. The molecule has 0 bridgehead atoms. The minimum atomic E-state index is -1.97. The van der Waals surface area contributed by atoms with E-state index < -0.39 is 51.9 Å². The highest BCUT2D eigenvalue weighted by Crippen LogP contribution is 2.49. The summed E-state index contributed by atoms with van der Waals surface area (Å²) in [5.74, 6) is -2.08. The number of nitrogens with one attached hydrogen (secondary N) is 1. The predicted octanol–water partition coefficient (Wildman–Crippen LogP) is 12.3. The van der Waals surface area contributed by atoms with Crippen LogP contribution in [0, 0.1) is 35.6 Å². The van der Waals surface area contributed by atoms with Crippen molar-refractivity contribution in [3.05, 3.63) is 207 Å². The van der Waals surface area contributed by atoms with E-state index in [0.717, 1.165) is 54.2 Å². The summed E-state index contributed by atoms with van der Waals surface area (Å²) >= 11 is 0. The number of hydrogen-bond acceptors (Lipinski definition) is 24. The molecule has 5 N–H and O–H groups in total. The fraction of sp³-hybridized carbons (Fsp3) is 0.333. The second kappa shape index (κ2) is 28.9. The van der Waals surface area contributed by atoms with E-state index in [1.54, 1.807) is 72.1 Å². The van der Waals surface area contributed by atoms with Crippen LogP contribution in [0.15, 0.2) is 117 Å². The van der Waals surface area contributed by atoms with Crippen LogP contribution in [0.1, 0.15) is 132 Å². The third-order valence-electron chi connectivity index (χ3n) is 19.1. The number of cyclic esters (lactones) is 2. The van der Waals surface area contributed by atoms with Gasteiger partial charge >= 0.3 is 24.2 Å². The van der Waals surface area contributed by atoms with E-state index in [4.69, 9.17) is 39.4 Å². The first-order valence-electron chi connectivity index (χ1n) is 32.8. The van der Waals surface area contributed by atoms with Crippen molar-refractivity contribution < 1.29 is 66.8 Å². The number of nitro benzene ring substituents is 1. The van der Waals surface area contributed by atoms with Crippen LogP contribution < -0.4 is 26.9 Å². The Labute approximate surface area is 596 Å². The molecule has 3 aromatic carbocycles. The number of benzene rings is 3. The quantitative estimate of drug-likeness (QED) is 0.0185. The summed E-state index contributed by atoms with van der Waals surface area (Å²) in [4.78, 5) is 105. The van der Waals surface area contributed by atoms with Crippen molar-refractivity contribution >= 4 is 94.9 Å². The number of aromatic nitrogens is 6. The standard InChI is InChI=1S/C33H31FN4O6S2.C24H22FN3O4.C15H14N2O5S2/c1-4-33(42)21-11-25-29-19(13-38(25)30(39)20(21)15-43-31(33)40)28-23(9-8-18-17(3)22(34)12-24(36-29)27(18)28)37-32(41)44-14-16(2)45-46-26-7-5-6-10-35-26;1-3-24(31)14-6-18-21-12(8-28(18)22(29)13(14)9-32-23(24)30)19-16(26)5-4-11-10(2)15(25)7-17(27-21)20(11)19;1-11(23-24-14-4-2-3-9-16-14)10-21-15(18)22-13-7-5-12(6-8-13)17(19)20/h5-7,10-12,16,23,42H,4,8-9,13-15H2,1-3H3,(H,37,41);6-7,16,31H,3-5,8-9,26H2,1-2H3;2-9,11H,10H2,1H3/t16-,23-,33-;16-,24-;11-/m000/s1. The first-order valence-corrected chi connectivity index (χ1v) is 37.2. The molecule has 2 aliphatic carbocycles. The summed E-state index contributed by atoms with van der Waals surface area (Å²) in [7, 11) is 6.09. The van der Waals surface area contributed by atoms with Crippen molar-refractivity contribution in [3.63, 3.8) is 0 Å². The van der Waals surface area contributed by atoms with Crippen LogP contribution in [-0.4, -0.2) is 92.1 Å². The Kier molecular flexibility index (Phi) is 20.1. The number of aliphatic hydroxyl groups is 2. The molecule has 6 atom stereocenters. The molecule has 0 saturated carbocycles. The number of aryl methyl sites for hydroxylation is 2.